The van der Waals surface area contributed by atoms with Crippen LogP contribution in [0.2, 0.25) is 0 Å². The summed E-state index contributed by atoms with van der Waals surface area (Å²) in [7, 11) is 0. The number of aryl methyl sites for hydroxylation is 1. The number of phenolic OH excluding ortho intramolecular Hbond substituents is 1. The summed E-state index contributed by atoms with van der Waals surface area (Å²) < 4.78 is 0.935. The molecule has 1 heterocycles. The van der Waals surface area contributed by atoms with Crippen molar-refractivity contribution >= 4 is 26.7 Å². The van der Waals surface area contributed by atoms with Gasteiger partial charge in [-0.1, -0.05) is 11.3 Å². The Hall–Kier alpha value is -1.29. The van der Waals surface area contributed by atoms with Crippen molar-refractivity contribution in [2.45, 2.75) is 6.92 Å². The first-order valence-corrected chi connectivity index (χ1v) is 4.34. The maximum absolute atomic E-state index is 9.45. The van der Waals surface area contributed by atoms with Crippen LogP contribution in [0.5, 0.6) is 5.75 Å². The maximum Gasteiger partial charge on any atom is 0.181 e. The monoisotopic (exact) mass is 180 g/mol. The van der Waals surface area contributed by atoms with Crippen LogP contribution in [0.25, 0.3) is 10.2 Å². The average Bonchev–Trinajstić information content (AvgIpc) is 2.29. The molecule has 0 spiro atoms. The molecule has 2 aromatic rings. The number of nitrogens with two attached hydrogens (primary N) is 1. The van der Waals surface area contributed by atoms with Gasteiger partial charge in [-0.05, 0) is 24.6 Å². The third-order valence-electron chi connectivity index (χ3n) is 1.64. The molecule has 0 aliphatic rings. The molecule has 0 atom stereocenters. The molecule has 0 saturated heterocycles. The van der Waals surface area contributed by atoms with Crippen LogP contribution < -0.4 is 5.73 Å². The molecule has 0 amide bonds. The van der Waals surface area contributed by atoms with E-state index in [0.29, 0.717) is 10.6 Å². The lowest BCUT2D eigenvalue weighted by atomic mass is 10.2. The van der Waals surface area contributed by atoms with Gasteiger partial charge in [-0.25, -0.2) is 4.98 Å². The number of anilines is 1. The summed E-state index contributed by atoms with van der Waals surface area (Å²) in [6, 6.07) is 3.64. The smallest absolute Gasteiger partial charge is 0.181 e. The molecule has 0 saturated carbocycles. The SMILES string of the molecule is Cc1cc(O)c2nc(N)sc2c1. The van der Waals surface area contributed by atoms with Crippen molar-refractivity contribution < 1.29 is 5.11 Å². The topological polar surface area (TPSA) is 59.1 Å². The molecule has 12 heavy (non-hydrogen) atoms. The summed E-state index contributed by atoms with van der Waals surface area (Å²) in [6.07, 6.45) is 0. The molecular formula is C8H8N2OS. The second-order valence-electron chi connectivity index (χ2n) is 2.68. The second-order valence-corrected chi connectivity index (χ2v) is 3.75. The van der Waals surface area contributed by atoms with E-state index in [4.69, 9.17) is 5.73 Å². The second kappa shape index (κ2) is 2.35. The predicted molar refractivity (Wildman–Crippen MR) is 50.4 cm³/mol. The minimum atomic E-state index is 0.206. The molecule has 2 rings (SSSR count). The molecule has 4 heteroatoms. The number of thiazole rings is 1. The van der Waals surface area contributed by atoms with Gasteiger partial charge in [-0.3, -0.25) is 0 Å². The Kier molecular flexibility index (Phi) is 1.44. The van der Waals surface area contributed by atoms with Gasteiger partial charge in [0, 0.05) is 0 Å². The van der Waals surface area contributed by atoms with E-state index in [2.05, 4.69) is 4.98 Å². The van der Waals surface area contributed by atoms with Gasteiger partial charge in [0.25, 0.3) is 0 Å². The fourth-order valence-electron chi connectivity index (χ4n) is 1.16. The van der Waals surface area contributed by atoms with Crippen molar-refractivity contribution in [2.75, 3.05) is 5.73 Å². The quantitative estimate of drug-likeness (QED) is 0.651. The highest BCUT2D eigenvalue weighted by atomic mass is 32.1. The maximum atomic E-state index is 9.45. The number of aromatic hydroxyl groups is 1. The zero-order chi connectivity index (χ0) is 8.72. The van der Waals surface area contributed by atoms with Crippen molar-refractivity contribution in [2.24, 2.45) is 0 Å². The molecule has 0 aliphatic heterocycles. The molecule has 0 unspecified atom stereocenters. The number of nitrogen functional groups attached to an aromatic ring is 1. The van der Waals surface area contributed by atoms with Gasteiger partial charge < -0.3 is 10.8 Å². The molecule has 3 nitrogen and oxygen atoms in total. The summed E-state index contributed by atoms with van der Waals surface area (Å²) >= 11 is 1.39. The highest BCUT2D eigenvalue weighted by molar-refractivity contribution is 7.22. The molecule has 0 aliphatic carbocycles. The Bertz CT molecular complexity index is 436. The zero-order valence-electron chi connectivity index (χ0n) is 6.53. The van der Waals surface area contributed by atoms with Crippen LogP contribution in [-0.2, 0) is 0 Å². The Morgan fingerprint density at radius 3 is 3.00 bits per heavy atom. The number of hydrogen-bond donors (Lipinski definition) is 2. The Labute approximate surface area is 73.5 Å². The van der Waals surface area contributed by atoms with Crippen molar-refractivity contribution in [3.63, 3.8) is 0 Å². The van der Waals surface area contributed by atoms with Gasteiger partial charge in [0.05, 0.1) is 4.70 Å². The number of fused-ring (bicyclic) bond motifs is 1. The Balaban J connectivity index is 2.88. The van der Waals surface area contributed by atoms with Crippen molar-refractivity contribution in [3.8, 4) is 5.75 Å². The van der Waals surface area contributed by atoms with E-state index in [1.807, 2.05) is 13.0 Å². The lowest BCUT2D eigenvalue weighted by molar-refractivity contribution is 0.480. The average molecular weight is 180 g/mol. The number of benzene rings is 1. The van der Waals surface area contributed by atoms with E-state index in [1.54, 1.807) is 6.07 Å². The number of nitrogens with zero attached hydrogens (tertiary/aromatic N) is 1. The van der Waals surface area contributed by atoms with E-state index in [9.17, 15) is 5.11 Å². The van der Waals surface area contributed by atoms with Crippen LogP contribution in [0, 0.1) is 6.92 Å². The number of hydrogen-bond acceptors (Lipinski definition) is 4. The Morgan fingerprint density at radius 2 is 2.25 bits per heavy atom. The van der Waals surface area contributed by atoms with E-state index in [-0.39, 0.29) is 5.75 Å². The number of aromatic nitrogens is 1. The van der Waals surface area contributed by atoms with E-state index in [1.165, 1.54) is 11.3 Å². The largest absolute Gasteiger partial charge is 0.506 e. The summed E-state index contributed by atoms with van der Waals surface area (Å²) in [4.78, 5) is 4.00. The minimum Gasteiger partial charge on any atom is -0.506 e. The summed E-state index contributed by atoms with van der Waals surface area (Å²) in [5.74, 6) is 0.206. The van der Waals surface area contributed by atoms with Gasteiger partial charge in [0.15, 0.2) is 5.13 Å². The first-order valence-electron chi connectivity index (χ1n) is 3.52. The number of phenols is 1. The van der Waals surface area contributed by atoms with E-state index in [0.717, 1.165) is 10.3 Å². The van der Waals surface area contributed by atoms with E-state index >= 15 is 0 Å². The fourth-order valence-corrected chi connectivity index (χ4v) is 2.02. The first kappa shape index (κ1) is 7.36. The molecule has 0 bridgehead atoms. The van der Waals surface area contributed by atoms with Crippen LogP contribution in [0.3, 0.4) is 0 Å². The molecular weight excluding hydrogens is 172 g/mol. The van der Waals surface area contributed by atoms with Crippen molar-refractivity contribution in [1.82, 2.24) is 4.98 Å². The fraction of sp³-hybridized carbons (Fsp3) is 0.125. The molecule has 0 radical (unpaired) electrons. The lowest BCUT2D eigenvalue weighted by Gasteiger charge is -1.94. The number of rotatable bonds is 0. The third-order valence-corrected chi connectivity index (χ3v) is 2.47. The normalized spacial score (nSPS) is 10.8. The van der Waals surface area contributed by atoms with Crippen LogP contribution in [0.4, 0.5) is 5.13 Å². The minimum absolute atomic E-state index is 0.206. The van der Waals surface area contributed by atoms with Crippen LogP contribution in [0.1, 0.15) is 5.56 Å². The van der Waals surface area contributed by atoms with Crippen molar-refractivity contribution in [1.29, 1.82) is 0 Å². The van der Waals surface area contributed by atoms with Crippen LogP contribution >= 0.6 is 11.3 Å². The third kappa shape index (κ3) is 1.00. The van der Waals surface area contributed by atoms with Crippen LogP contribution in [0.15, 0.2) is 12.1 Å². The summed E-state index contributed by atoms with van der Waals surface area (Å²) in [6.45, 7) is 1.93. The van der Waals surface area contributed by atoms with Gasteiger partial charge in [-0.2, -0.15) is 0 Å². The highest BCUT2D eigenvalue weighted by Crippen LogP contribution is 2.31. The Morgan fingerprint density at radius 1 is 1.50 bits per heavy atom. The predicted octanol–water partition coefficient (Wildman–Crippen LogP) is 1.89. The van der Waals surface area contributed by atoms with Gasteiger partial charge >= 0.3 is 0 Å². The van der Waals surface area contributed by atoms with Crippen molar-refractivity contribution in [3.05, 3.63) is 17.7 Å². The lowest BCUT2D eigenvalue weighted by Crippen LogP contribution is -1.79. The standard InChI is InChI=1S/C8H8N2OS/c1-4-2-5(11)7-6(3-4)12-8(9)10-7/h2-3,11H,1H3,(H2,9,10). The molecule has 1 aromatic carbocycles. The summed E-state index contributed by atoms with van der Waals surface area (Å²) in [5.41, 5.74) is 7.12. The van der Waals surface area contributed by atoms with E-state index < -0.39 is 0 Å². The zero-order valence-corrected chi connectivity index (χ0v) is 7.35. The van der Waals surface area contributed by atoms with Crippen LogP contribution in [-0.4, -0.2) is 10.1 Å². The molecule has 3 N–H and O–H groups in total. The highest BCUT2D eigenvalue weighted by Gasteiger charge is 2.05. The first-order chi connectivity index (χ1) is 5.66. The van der Waals surface area contributed by atoms with Gasteiger partial charge in [0.1, 0.15) is 11.3 Å². The molecule has 1 aromatic heterocycles. The van der Waals surface area contributed by atoms with Gasteiger partial charge in [-0.15, -0.1) is 0 Å². The molecule has 0 fully saturated rings. The molecule has 62 valence electrons. The summed E-state index contributed by atoms with van der Waals surface area (Å²) in [5, 5.41) is 9.95. The van der Waals surface area contributed by atoms with Gasteiger partial charge in [0.2, 0.25) is 0 Å².